The van der Waals surface area contributed by atoms with Crippen LogP contribution in [0, 0.1) is 0 Å². The molecule has 0 aliphatic carbocycles. The van der Waals surface area contributed by atoms with E-state index in [9.17, 15) is 13.2 Å². The molecule has 1 aromatic carbocycles. The fourth-order valence-corrected chi connectivity index (χ4v) is 2.54. The van der Waals surface area contributed by atoms with Crippen LogP contribution in [0.1, 0.15) is 10.4 Å². The number of amides is 1. The molecule has 1 heterocycles. The van der Waals surface area contributed by atoms with Crippen LogP contribution in [0.5, 0.6) is 0 Å². The number of pyridine rings is 1. The smallest absolute Gasteiger partial charge is 0.256 e. The van der Waals surface area contributed by atoms with Crippen molar-refractivity contribution in [1.29, 1.82) is 0 Å². The van der Waals surface area contributed by atoms with Crippen molar-refractivity contribution in [3.8, 4) is 0 Å². The SMILES string of the molecule is CS(=O)(=O)c1cccc(C(=O)Nc2cccc(Br)n2)c1. The van der Waals surface area contributed by atoms with E-state index in [1.54, 1.807) is 24.3 Å². The molecule has 1 N–H and O–H groups in total. The number of aromatic nitrogens is 1. The van der Waals surface area contributed by atoms with Gasteiger partial charge in [-0.05, 0) is 46.3 Å². The number of carbonyl (C=O) groups is 1. The van der Waals surface area contributed by atoms with Crippen LogP contribution in [0.2, 0.25) is 0 Å². The average molecular weight is 355 g/mol. The molecule has 1 amide bonds. The van der Waals surface area contributed by atoms with Crippen LogP contribution in [0.4, 0.5) is 5.82 Å². The fraction of sp³-hybridized carbons (Fsp3) is 0.0769. The quantitative estimate of drug-likeness (QED) is 0.859. The molecule has 0 radical (unpaired) electrons. The summed E-state index contributed by atoms with van der Waals surface area (Å²) in [6, 6.07) is 11.0. The minimum atomic E-state index is -3.34. The highest BCUT2D eigenvalue weighted by Crippen LogP contribution is 2.14. The van der Waals surface area contributed by atoms with Crippen LogP contribution in [0.3, 0.4) is 0 Å². The van der Waals surface area contributed by atoms with Gasteiger partial charge in [-0.3, -0.25) is 4.79 Å². The average Bonchev–Trinajstić information content (AvgIpc) is 2.38. The van der Waals surface area contributed by atoms with E-state index in [1.807, 2.05) is 0 Å². The summed E-state index contributed by atoms with van der Waals surface area (Å²) in [6.07, 6.45) is 1.10. The summed E-state index contributed by atoms with van der Waals surface area (Å²) in [4.78, 5) is 16.2. The lowest BCUT2D eigenvalue weighted by Gasteiger charge is -2.06. The number of sulfone groups is 1. The van der Waals surface area contributed by atoms with E-state index >= 15 is 0 Å². The second-order valence-electron chi connectivity index (χ2n) is 4.10. The molecule has 7 heteroatoms. The normalized spacial score (nSPS) is 11.1. The zero-order chi connectivity index (χ0) is 14.8. The minimum absolute atomic E-state index is 0.104. The summed E-state index contributed by atoms with van der Waals surface area (Å²) in [6.45, 7) is 0. The molecule has 0 aliphatic rings. The third-order valence-corrected chi connectivity index (χ3v) is 4.03. The predicted molar refractivity (Wildman–Crippen MR) is 79.4 cm³/mol. The second kappa shape index (κ2) is 5.72. The number of benzene rings is 1. The summed E-state index contributed by atoms with van der Waals surface area (Å²) >= 11 is 3.20. The van der Waals surface area contributed by atoms with Crippen molar-refractivity contribution in [2.45, 2.75) is 4.90 Å². The number of hydrogen-bond acceptors (Lipinski definition) is 4. The van der Waals surface area contributed by atoms with Crippen LogP contribution in [0.15, 0.2) is 52.0 Å². The molecule has 104 valence electrons. The lowest BCUT2D eigenvalue weighted by Crippen LogP contribution is -2.13. The Morgan fingerprint density at radius 1 is 1.20 bits per heavy atom. The molecule has 0 saturated carbocycles. The molecule has 0 unspecified atom stereocenters. The lowest BCUT2D eigenvalue weighted by atomic mass is 10.2. The Labute approximate surface area is 125 Å². The Morgan fingerprint density at radius 2 is 1.90 bits per heavy atom. The monoisotopic (exact) mass is 354 g/mol. The van der Waals surface area contributed by atoms with Gasteiger partial charge in [-0.25, -0.2) is 13.4 Å². The van der Waals surface area contributed by atoms with Crippen molar-refractivity contribution in [3.63, 3.8) is 0 Å². The van der Waals surface area contributed by atoms with Gasteiger partial charge in [0.15, 0.2) is 9.84 Å². The fourth-order valence-electron chi connectivity index (χ4n) is 1.53. The highest BCUT2D eigenvalue weighted by molar-refractivity contribution is 9.10. The molecule has 0 aliphatic heterocycles. The molecular weight excluding hydrogens is 344 g/mol. The summed E-state index contributed by atoms with van der Waals surface area (Å²) < 4.78 is 23.5. The number of carbonyl (C=O) groups excluding carboxylic acids is 1. The Bertz CT molecular complexity index is 760. The lowest BCUT2D eigenvalue weighted by molar-refractivity contribution is 0.102. The van der Waals surface area contributed by atoms with Crippen molar-refractivity contribution in [1.82, 2.24) is 4.98 Å². The molecule has 20 heavy (non-hydrogen) atoms. The van der Waals surface area contributed by atoms with E-state index in [0.717, 1.165) is 6.26 Å². The number of anilines is 1. The van der Waals surface area contributed by atoms with Crippen LogP contribution in [-0.2, 0) is 9.84 Å². The van der Waals surface area contributed by atoms with Crippen molar-refractivity contribution < 1.29 is 13.2 Å². The first-order chi connectivity index (χ1) is 9.36. The highest BCUT2D eigenvalue weighted by Gasteiger charge is 2.12. The number of nitrogens with one attached hydrogen (secondary N) is 1. The second-order valence-corrected chi connectivity index (χ2v) is 6.93. The Balaban J connectivity index is 2.26. The van der Waals surface area contributed by atoms with Crippen LogP contribution >= 0.6 is 15.9 Å². The van der Waals surface area contributed by atoms with Gasteiger partial charge in [0.1, 0.15) is 10.4 Å². The van der Waals surface area contributed by atoms with Gasteiger partial charge in [-0.2, -0.15) is 0 Å². The van der Waals surface area contributed by atoms with E-state index in [-0.39, 0.29) is 10.5 Å². The third kappa shape index (κ3) is 3.64. The van der Waals surface area contributed by atoms with Gasteiger partial charge in [-0.1, -0.05) is 12.1 Å². The van der Waals surface area contributed by atoms with Crippen LogP contribution < -0.4 is 5.32 Å². The number of nitrogens with zero attached hydrogens (tertiary/aromatic N) is 1. The number of halogens is 1. The standard InChI is InChI=1S/C13H11BrN2O3S/c1-20(18,19)10-5-2-4-9(8-10)13(17)16-12-7-3-6-11(14)15-12/h2-8H,1H3,(H,15,16,17). The van der Waals surface area contributed by atoms with Gasteiger partial charge in [-0.15, -0.1) is 0 Å². The molecule has 0 bridgehead atoms. The molecule has 0 spiro atoms. The molecule has 0 fully saturated rings. The maximum atomic E-state index is 12.0. The van der Waals surface area contributed by atoms with Gasteiger partial charge in [0.05, 0.1) is 4.90 Å². The third-order valence-electron chi connectivity index (χ3n) is 2.48. The van der Waals surface area contributed by atoms with Gasteiger partial charge in [0, 0.05) is 11.8 Å². The maximum absolute atomic E-state index is 12.0. The van der Waals surface area contributed by atoms with Gasteiger partial charge in [0.25, 0.3) is 5.91 Å². The first-order valence-corrected chi connectivity index (χ1v) is 8.29. The van der Waals surface area contributed by atoms with E-state index in [2.05, 4.69) is 26.2 Å². The van der Waals surface area contributed by atoms with Crippen LogP contribution in [0.25, 0.3) is 0 Å². The van der Waals surface area contributed by atoms with E-state index in [0.29, 0.717) is 10.4 Å². The number of hydrogen-bond donors (Lipinski definition) is 1. The van der Waals surface area contributed by atoms with Gasteiger partial charge >= 0.3 is 0 Å². The topological polar surface area (TPSA) is 76.1 Å². The molecule has 0 saturated heterocycles. The van der Waals surface area contributed by atoms with Crippen molar-refractivity contribution in [3.05, 3.63) is 52.6 Å². The van der Waals surface area contributed by atoms with Gasteiger partial charge < -0.3 is 5.32 Å². The molecule has 5 nitrogen and oxygen atoms in total. The van der Waals surface area contributed by atoms with Crippen molar-refractivity contribution in [2.75, 3.05) is 11.6 Å². The molecule has 2 rings (SSSR count). The molecule has 1 aromatic heterocycles. The first-order valence-electron chi connectivity index (χ1n) is 5.60. The van der Waals surface area contributed by atoms with Crippen LogP contribution in [-0.4, -0.2) is 25.6 Å². The zero-order valence-corrected chi connectivity index (χ0v) is 12.9. The van der Waals surface area contributed by atoms with Gasteiger partial charge in [0.2, 0.25) is 0 Å². The highest BCUT2D eigenvalue weighted by atomic mass is 79.9. The molecule has 0 atom stereocenters. The zero-order valence-electron chi connectivity index (χ0n) is 10.5. The maximum Gasteiger partial charge on any atom is 0.256 e. The van der Waals surface area contributed by atoms with E-state index < -0.39 is 15.7 Å². The molecular formula is C13H11BrN2O3S. The predicted octanol–water partition coefficient (Wildman–Crippen LogP) is 2.50. The Morgan fingerprint density at radius 3 is 2.55 bits per heavy atom. The Hall–Kier alpha value is -1.73. The number of rotatable bonds is 3. The summed E-state index contributed by atoms with van der Waals surface area (Å²) in [5.41, 5.74) is 0.259. The summed E-state index contributed by atoms with van der Waals surface area (Å²) in [5, 5.41) is 2.60. The first kappa shape index (κ1) is 14.7. The largest absolute Gasteiger partial charge is 0.307 e. The van der Waals surface area contributed by atoms with E-state index in [4.69, 9.17) is 0 Å². The molecule has 2 aromatic rings. The van der Waals surface area contributed by atoms with Crippen molar-refractivity contribution in [2.24, 2.45) is 0 Å². The summed E-state index contributed by atoms with van der Waals surface area (Å²) in [5.74, 6) is -0.0322. The van der Waals surface area contributed by atoms with E-state index in [1.165, 1.54) is 18.2 Å². The summed E-state index contributed by atoms with van der Waals surface area (Å²) in [7, 11) is -3.34. The minimum Gasteiger partial charge on any atom is -0.307 e. The Kier molecular flexibility index (Phi) is 4.20. The van der Waals surface area contributed by atoms with Crippen molar-refractivity contribution >= 4 is 37.5 Å².